The Kier molecular flexibility index (Phi) is 9.93. The highest BCUT2D eigenvalue weighted by molar-refractivity contribution is 7.99. The van der Waals surface area contributed by atoms with Crippen molar-refractivity contribution in [1.29, 1.82) is 0 Å². The lowest BCUT2D eigenvalue weighted by Gasteiger charge is -2.45. The number of esters is 3. The molecule has 0 spiro atoms. The number of fused-ring (bicyclic) bond motifs is 3. The molecule has 44 heavy (non-hydrogen) atoms. The molecule has 4 fully saturated rings. The minimum Gasteiger partial charge on any atom is -0.456 e. The molecule has 4 saturated heterocycles. The van der Waals surface area contributed by atoms with Crippen LogP contribution < -0.4 is 0 Å². The number of thioether (sulfide) groups is 1. The van der Waals surface area contributed by atoms with Crippen LogP contribution in [0, 0.1) is 0 Å². The average molecular weight is 641 g/mol. The molecule has 1 aromatic carbocycles. The molecular formula is C30H40O13S. The summed E-state index contributed by atoms with van der Waals surface area (Å²) in [6, 6.07) is 9.56. The fourth-order valence-electron chi connectivity index (χ4n) is 5.84. The van der Waals surface area contributed by atoms with Crippen molar-refractivity contribution in [3.8, 4) is 0 Å². The van der Waals surface area contributed by atoms with Gasteiger partial charge in [-0.05, 0) is 39.8 Å². The first-order valence-electron chi connectivity index (χ1n) is 14.5. The van der Waals surface area contributed by atoms with Gasteiger partial charge in [-0.15, -0.1) is 11.8 Å². The molecule has 0 unspecified atom stereocenters. The minimum atomic E-state index is -1.27. The van der Waals surface area contributed by atoms with Gasteiger partial charge in [0.25, 0.3) is 0 Å². The van der Waals surface area contributed by atoms with E-state index in [1.54, 1.807) is 27.7 Å². The number of hydrogen-bond acceptors (Lipinski definition) is 14. The first-order chi connectivity index (χ1) is 20.7. The molecule has 1 aromatic rings. The standard InChI is InChI=1S/C30H40O13S/c1-15(31)35-21-20(14-44-18-11-9-8-10-12-18)39-27(25(37-17(3)33)23(21)36-16(2)32)34-13-19-22-24(41-29(4,5)40-22)26-28(38-19)43-30(6,7)42-26/h8-12,19-28H,13-14H2,1-7H3/t19-,20-,21+,22+,23+,24+,25-,26-,27-,28-/m1/s1. The summed E-state index contributed by atoms with van der Waals surface area (Å²) in [6.07, 6.45) is -8.68. The van der Waals surface area contributed by atoms with Crippen molar-refractivity contribution in [3.05, 3.63) is 30.3 Å². The molecule has 0 amide bonds. The lowest BCUT2D eigenvalue weighted by atomic mass is 9.98. The Balaban J connectivity index is 1.39. The van der Waals surface area contributed by atoms with Gasteiger partial charge in [0.2, 0.25) is 0 Å². The molecule has 0 bridgehead atoms. The number of carbonyl (C=O) groups is 3. The van der Waals surface area contributed by atoms with E-state index in [-0.39, 0.29) is 6.61 Å². The first-order valence-corrected chi connectivity index (χ1v) is 15.5. The molecule has 0 aromatic heterocycles. The summed E-state index contributed by atoms with van der Waals surface area (Å²) >= 11 is 1.45. The van der Waals surface area contributed by atoms with E-state index in [1.165, 1.54) is 32.5 Å². The van der Waals surface area contributed by atoms with Crippen LogP contribution >= 0.6 is 11.8 Å². The Morgan fingerprint density at radius 3 is 1.93 bits per heavy atom. The van der Waals surface area contributed by atoms with Gasteiger partial charge in [0.05, 0.1) is 6.61 Å². The van der Waals surface area contributed by atoms with Crippen molar-refractivity contribution in [2.24, 2.45) is 0 Å². The van der Waals surface area contributed by atoms with Crippen molar-refractivity contribution in [2.45, 2.75) is 126 Å². The zero-order chi connectivity index (χ0) is 31.8. The predicted molar refractivity (Wildman–Crippen MR) is 151 cm³/mol. The van der Waals surface area contributed by atoms with Crippen LogP contribution in [-0.4, -0.2) is 103 Å². The first kappa shape index (κ1) is 33.1. The maximum Gasteiger partial charge on any atom is 0.303 e. The molecule has 0 saturated carbocycles. The smallest absolute Gasteiger partial charge is 0.303 e. The van der Waals surface area contributed by atoms with E-state index in [0.29, 0.717) is 5.75 Å². The van der Waals surface area contributed by atoms with Crippen LogP contribution in [-0.2, 0) is 61.8 Å². The maximum absolute atomic E-state index is 12.3. The molecule has 244 valence electrons. The van der Waals surface area contributed by atoms with Crippen LogP contribution in [0.25, 0.3) is 0 Å². The van der Waals surface area contributed by atoms with E-state index in [2.05, 4.69) is 0 Å². The number of ether oxygens (including phenoxy) is 10. The van der Waals surface area contributed by atoms with Gasteiger partial charge >= 0.3 is 17.9 Å². The molecule has 4 heterocycles. The fourth-order valence-corrected chi connectivity index (χ4v) is 6.81. The highest BCUT2D eigenvalue weighted by Gasteiger charge is 2.61. The van der Waals surface area contributed by atoms with Crippen molar-refractivity contribution in [1.82, 2.24) is 0 Å². The van der Waals surface area contributed by atoms with Crippen molar-refractivity contribution in [2.75, 3.05) is 12.4 Å². The van der Waals surface area contributed by atoms with E-state index in [4.69, 9.17) is 47.4 Å². The second-order valence-electron chi connectivity index (χ2n) is 11.9. The van der Waals surface area contributed by atoms with Crippen LogP contribution in [0.2, 0.25) is 0 Å². The van der Waals surface area contributed by atoms with Gasteiger partial charge in [0, 0.05) is 31.4 Å². The van der Waals surface area contributed by atoms with E-state index >= 15 is 0 Å². The lowest BCUT2D eigenvalue weighted by molar-refractivity contribution is -0.313. The van der Waals surface area contributed by atoms with Gasteiger partial charge in [-0.2, -0.15) is 0 Å². The number of carbonyl (C=O) groups excluding carboxylic acids is 3. The number of rotatable bonds is 9. The van der Waals surface area contributed by atoms with E-state index in [1.807, 2.05) is 30.3 Å². The fraction of sp³-hybridized carbons (Fsp3) is 0.700. The van der Waals surface area contributed by atoms with Crippen LogP contribution in [0.4, 0.5) is 0 Å². The lowest BCUT2D eigenvalue weighted by Crippen LogP contribution is -2.63. The predicted octanol–water partition coefficient (Wildman–Crippen LogP) is 2.71. The second kappa shape index (κ2) is 13.2. The molecule has 14 heteroatoms. The van der Waals surface area contributed by atoms with E-state index < -0.39 is 90.9 Å². The van der Waals surface area contributed by atoms with Gasteiger partial charge in [-0.25, -0.2) is 0 Å². The molecule has 0 N–H and O–H groups in total. The van der Waals surface area contributed by atoms with Crippen LogP contribution in [0.3, 0.4) is 0 Å². The second-order valence-corrected chi connectivity index (χ2v) is 13.0. The third-order valence-corrected chi connectivity index (χ3v) is 8.43. The molecule has 0 aliphatic carbocycles. The molecule has 4 aliphatic heterocycles. The normalized spacial score (nSPS) is 37.0. The average Bonchev–Trinajstić information content (AvgIpc) is 3.42. The summed E-state index contributed by atoms with van der Waals surface area (Å²) in [5.41, 5.74) is 0. The van der Waals surface area contributed by atoms with Crippen molar-refractivity contribution < 1.29 is 61.8 Å². The van der Waals surface area contributed by atoms with Gasteiger partial charge in [-0.3, -0.25) is 14.4 Å². The Labute approximate surface area is 260 Å². The summed E-state index contributed by atoms with van der Waals surface area (Å²) in [7, 11) is 0. The Bertz CT molecular complexity index is 1190. The largest absolute Gasteiger partial charge is 0.456 e. The summed E-state index contributed by atoms with van der Waals surface area (Å²) in [4.78, 5) is 37.6. The molecule has 0 radical (unpaired) electrons. The van der Waals surface area contributed by atoms with E-state index in [0.717, 1.165) is 4.90 Å². The molecular weight excluding hydrogens is 600 g/mol. The van der Waals surface area contributed by atoms with E-state index in [9.17, 15) is 14.4 Å². The zero-order valence-electron chi connectivity index (χ0n) is 25.8. The van der Waals surface area contributed by atoms with Gasteiger partial charge in [-0.1, -0.05) is 18.2 Å². The Morgan fingerprint density at radius 1 is 0.705 bits per heavy atom. The van der Waals surface area contributed by atoms with Crippen molar-refractivity contribution >= 4 is 29.7 Å². The van der Waals surface area contributed by atoms with Gasteiger partial charge < -0.3 is 47.4 Å². The summed E-state index contributed by atoms with van der Waals surface area (Å²) in [5, 5.41) is 0. The Morgan fingerprint density at radius 2 is 1.27 bits per heavy atom. The molecule has 5 rings (SSSR count). The highest BCUT2D eigenvalue weighted by atomic mass is 32.2. The molecule has 4 aliphatic rings. The quantitative estimate of drug-likeness (QED) is 0.222. The minimum absolute atomic E-state index is 0.0976. The van der Waals surface area contributed by atoms with Crippen LogP contribution in [0.5, 0.6) is 0 Å². The van der Waals surface area contributed by atoms with Gasteiger partial charge in [0.1, 0.15) is 30.5 Å². The maximum atomic E-state index is 12.3. The topological polar surface area (TPSA) is 144 Å². The van der Waals surface area contributed by atoms with Crippen LogP contribution in [0.15, 0.2) is 35.2 Å². The SMILES string of the molecule is CC(=O)O[C@H]1[C@@H](OC(C)=O)[C@@H](CSc2ccccc2)O[C@@H](OC[C@H]2O[C@@H]3OC(C)(C)O[C@@H]3[C@H]3OC(C)(C)O[C@H]32)[C@@H]1OC(C)=O. The highest BCUT2D eigenvalue weighted by Crippen LogP contribution is 2.44. The zero-order valence-corrected chi connectivity index (χ0v) is 26.6. The third-order valence-electron chi connectivity index (χ3n) is 7.33. The summed E-state index contributed by atoms with van der Waals surface area (Å²) < 4.78 is 60.1. The number of hydrogen-bond donors (Lipinski definition) is 0. The van der Waals surface area contributed by atoms with Crippen molar-refractivity contribution in [3.63, 3.8) is 0 Å². The van der Waals surface area contributed by atoms with Gasteiger partial charge in [0.15, 0.2) is 42.5 Å². The molecule has 10 atom stereocenters. The number of benzene rings is 1. The summed E-state index contributed by atoms with van der Waals surface area (Å²) in [6.45, 7) is 10.7. The molecule has 13 nitrogen and oxygen atoms in total. The summed E-state index contributed by atoms with van der Waals surface area (Å²) in [5.74, 6) is -3.47. The third kappa shape index (κ3) is 7.73. The monoisotopic (exact) mass is 640 g/mol. The Hall–Kier alpha value is -2.30. The van der Waals surface area contributed by atoms with Crippen LogP contribution in [0.1, 0.15) is 48.5 Å².